The predicted molar refractivity (Wildman–Crippen MR) is 54.3 cm³/mol. The third-order valence-electron chi connectivity index (χ3n) is 3.05. The summed E-state index contributed by atoms with van der Waals surface area (Å²) in [5, 5.41) is 0. The normalized spacial score (nSPS) is 28.1. The van der Waals surface area contributed by atoms with Gasteiger partial charge in [0.05, 0.1) is 18.0 Å². The highest BCUT2D eigenvalue weighted by Gasteiger charge is 2.35. The lowest BCUT2D eigenvalue weighted by Gasteiger charge is -2.26. The molecule has 2 aliphatic rings. The van der Waals surface area contributed by atoms with Crippen molar-refractivity contribution in [2.45, 2.75) is 25.7 Å². The molecule has 4 nitrogen and oxygen atoms in total. The minimum Gasteiger partial charge on any atom is -0.463 e. The number of aromatic nitrogens is 1. The summed E-state index contributed by atoms with van der Waals surface area (Å²) < 4.78 is 11.2. The van der Waals surface area contributed by atoms with Gasteiger partial charge in [-0.25, -0.2) is 0 Å². The van der Waals surface area contributed by atoms with Crippen molar-refractivity contribution < 1.29 is 9.47 Å². The van der Waals surface area contributed by atoms with Crippen LogP contribution in [0.15, 0.2) is 12.1 Å². The zero-order valence-electron chi connectivity index (χ0n) is 8.48. The molecule has 0 radical (unpaired) electrons. The number of hydrogen-bond donors (Lipinski definition) is 1. The van der Waals surface area contributed by atoms with E-state index in [4.69, 9.17) is 15.2 Å². The fraction of sp³-hybridized carbons (Fsp3) is 0.545. The molecule has 4 heteroatoms. The van der Waals surface area contributed by atoms with Gasteiger partial charge in [-0.05, 0) is 18.6 Å². The van der Waals surface area contributed by atoms with Gasteiger partial charge in [0, 0.05) is 18.9 Å². The third-order valence-corrected chi connectivity index (χ3v) is 3.05. The molecular formula is C11H14N2O2. The predicted octanol–water partition coefficient (Wildman–Crippen LogP) is 0.838. The van der Waals surface area contributed by atoms with Gasteiger partial charge in [0.2, 0.25) is 6.29 Å². The van der Waals surface area contributed by atoms with Crippen molar-refractivity contribution in [3.05, 3.63) is 23.5 Å². The Morgan fingerprint density at radius 3 is 3.27 bits per heavy atom. The van der Waals surface area contributed by atoms with Crippen LogP contribution in [-0.4, -0.2) is 17.9 Å². The molecule has 0 aromatic carbocycles. The van der Waals surface area contributed by atoms with E-state index in [1.54, 1.807) is 0 Å². The van der Waals surface area contributed by atoms with Gasteiger partial charge in [0.25, 0.3) is 0 Å². The summed E-state index contributed by atoms with van der Waals surface area (Å²) in [6.45, 7) is 1.28. The van der Waals surface area contributed by atoms with Crippen LogP contribution < -0.4 is 10.5 Å². The molecule has 0 aliphatic carbocycles. The molecule has 0 bridgehead atoms. The van der Waals surface area contributed by atoms with Crippen molar-refractivity contribution in [3.8, 4) is 5.75 Å². The lowest BCUT2D eigenvalue weighted by molar-refractivity contribution is -0.0706. The maximum atomic E-state index is 5.73. The van der Waals surface area contributed by atoms with Crippen molar-refractivity contribution in [2.24, 2.45) is 11.7 Å². The van der Waals surface area contributed by atoms with Crippen LogP contribution in [0.2, 0.25) is 0 Å². The van der Waals surface area contributed by atoms with Crippen LogP contribution in [0.25, 0.3) is 0 Å². The molecule has 1 aromatic heterocycles. The zero-order valence-corrected chi connectivity index (χ0v) is 8.48. The van der Waals surface area contributed by atoms with Gasteiger partial charge >= 0.3 is 0 Å². The second kappa shape index (κ2) is 3.47. The average molecular weight is 206 g/mol. The molecule has 1 saturated heterocycles. The number of rotatable bonds is 1. The molecule has 0 spiro atoms. The van der Waals surface area contributed by atoms with Crippen LogP contribution in [0.4, 0.5) is 0 Å². The van der Waals surface area contributed by atoms with Crippen LogP contribution in [0.1, 0.15) is 17.8 Å². The topological polar surface area (TPSA) is 57.4 Å². The molecule has 0 saturated carbocycles. The highest BCUT2D eigenvalue weighted by molar-refractivity contribution is 5.32. The smallest absolute Gasteiger partial charge is 0.203 e. The van der Waals surface area contributed by atoms with Crippen molar-refractivity contribution in [3.63, 3.8) is 0 Å². The van der Waals surface area contributed by atoms with Crippen molar-refractivity contribution in [2.75, 3.05) is 6.61 Å². The molecule has 15 heavy (non-hydrogen) atoms. The molecule has 80 valence electrons. The summed E-state index contributed by atoms with van der Waals surface area (Å²) in [6, 6.07) is 3.86. The Morgan fingerprint density at radius 2 is 2.40 bits per heavy atom. The minimum absolute atomic E-state index is 0.0528. The number of ether oxygens (including phenoxy) is 2. The van der Waals surface area contributed by atoms with E-state index in [0.717, 1.165) is 36.6 Å². The first-order valence-corrected chi connectivity index (χ1v) is 5.34. The Kier molecular flexibility index (Phi) is 2.11. The molecule has 2 aliphatic heterocycles. The first kappa shape index (κ1) is 9.12. The largest absolute Gasteiger partial charge is 0.463 e. The van der Waals surface area contributed by atoms with Crippen LogP contribution in [0, 0.1) is 5.92 Å². The number of hydrogen-bond acceptors (Lipinski definition) is 4. The second-order valence-electron chi connectivity index (χ2n) is 4.06. The van der Waals surface area contributed by atoms with E-state index in [-0.39, 0.29) is 6.29 Å². The van der Waals surface area contributed by atoms with Crippen LogP contribution in [0.5, 0.6) is 5.75 Å². The molecule has 0 unspecified atom stereocenters. The van der Waals surface area contributed by atoms with Crippen LogP contribution in [0.3, 0.4) is 0 Å². The van der Waals surface area contributed by atoms with E-state index >= 15 is 0 Å². The van der Waals surface area contributed by atoms with E-state index < -0.39 is 0 Å². The number of nitrogens with zero attached hydrogens (tertiary/aromatic N) is 1. The Labute approximate surface area is 88.4 Å². The Bertz CT molecular complexity index is 381. The van der Waals surface area contributed by atoms with Gasteiger partial charge in [-0.2, -0.15) is 0 Å². The lowest BCUT2D eigenvalue weighted by atomic mass is 9.98. The maximum absolute atomic E-state index is 5.73. The maximum Gasteiger partial charge on any atom is 0.203 e. The van der Waals surface area contributed by atoms with Gasteiger partial charge < -0.3 is 15.2 Å². The van der Waals surface area contributed by atoms with Gasteiger partial charge in [-0.3, -0.25) is 4.98 Å². The molecule has 3 rings (SSSR count). The highest BCUT2D eigenvalue weighted by atomic mass is 16.7. The van der Waals surface area contributed by atoms with Crippen molar-refractivity contribution >= 4 is 0 Å². The number of nitrogens with two attached hydrogens (primary N) is 1. The average Bonchev–Trinajstić information content (AvgIpc) is 2.72. The van der Waals surface area contributed by atoms with E-state index in [0.29, 0.717) is 12.5 Å². The lowest BCUT2D eigenvalue weighted by Crippen LogP contribution is -2.30. The zero-order chi connectivity index (χ0) is 10.3. The van der Waals surface area contributed by atoms with Gasteiger partial charge in [0.1, 0.15) is 5.75 Å². The van der Waals surface area contributed by atoms with E-state index in [2.05, 4.69) is 4.98 Å². The SMILES string of the molecule is NCc1ccc2c(n1)C[C@H]1CCO[C@@H]1O2. The van der Waals surface area contributed by atoms with Gasteiger partial charge in [0.15, 0.2) is 0 Å². The Hall–Kier alpha value is -1.13. The standard InChI is InChI=1S/C11H14N2O2/c12-6-8-1-2-10-9(13-8)5-7-3-4-14-11(7)15-10/h1-2,7,11H,3-6,12H2/t7-,11-/m1/s1. The molecule has 2 N–H and O–H groups in total. The third kappa shape index (κ3) is 1.50. The minimum atomic E-state index is -0.0528. The molecular weight excluding hydrogens is 192 g/mol. The van der Waals surface area contributed by atoms with E-state index in [1.165, 1.54) is 0 Å². The Morgan fingerprint density at radius 1 is 1.47 bits per heavy atom. The summed E-state index contributed by atoms with van der Waals surface area (Å²) in [7, 11) is 0. The van der Waals surface area contributed by atoms with E-state index in [1.807, 2.05) is 12.1 Å². The molecule has 1 fully saturated rings. The van der Waals surface area contributed by atoms with Crippen molar-refractivity contribution in [1.29, 1.82) is 0 Å². The Balaban J connectivity index is 1.93. The summed E-state index contributed by atoms with van der Waals surface area (Å²) in [6.07, 6.45) is 1.97. The summed E-state index contributed by atoms with van der Waals surface area (Å²) in [5.41, 5.74) is 7.52. The van der Waals surface area contributed by atoms with E-state index in [9.17, 15) is 0 Å². The summed E-state index contributed by atoms with van der Waals surface area (Å²) >= 11 is 0. The molecule has 1 aromatic rings. The summed E-state index contributed by atoms with van der Waals surface area (Å²) in [5.74, 6) is 1.33. The number of pyridine rings is 1. The second-order valence-corrected chi connectivity index (χ2v) is 4.06. The first-order valence-electron chi connectivity index (χ1n) is 5.34. The number of fused-ring (bicyclic) bond motifs is 2. The molecule has 2 atom stereocenters. The highest BCUT2D eigenvalue weighted by Crippen LogP contribution is 2.35. The quantitative estimate of drug-likeness (QED) is 0.739. The summed E-state index contributed by atoms with van der Waals surface area (Å²) in [4.78, 5) is 4.49. The molecule has 0 amide bonds. The monoisotopic (exact) mass is 206 g/mol. The van der Waals surface area contributed by atoms with Crippen LogP contribution in [-0.2, 0) is 17.7 Å². The fourth-order valence-corrected chi connectivity index (χ4v) is 2.21. The molecule has 3 heterocycles. The van der Waals surface area contributed by atoms with Crippen LogP contribution >= 0.6 is 0 Å². The van der Waals surface area contributed by atoms with Gasteiger partial charge in [-0.15, -0.1) is 0 Å². The van der Waals surface area contributed by atoms with Crippen molar-refractivity contribution in [1.82, 2.24) is 4.98 Å². The first-order chi connectivity index (χ1) is 7.36. The fourth-order valence-electron chi connectivity index (χ4n) is 2.21. The van der Waals surface area contributed by atoms with Gasteiger partial charge in [-0.1, -0.05) is 0 Å².